The van der Waals surface area contributed by atoms with E-state index in [1.807, 2.05) is 13.1 Å². The molecule has 1 aliphatic carbocycles. The fourth-order valence-electron chi connectivity index (χ4n) is 2.44. The average Bonchev–Trinajstić information content (AvgIpc) is 2.39. The van der Waals surface area contributed by atoms with Crippen LogP contribution in [0, 0.1) is 0 Å². The third-order valence-electron chi connectivity index (χ3n) is 3.47. The molecule has 0 saturated heterocycles. The standard InChI is InChI=1S/C15H19NO/c1-12(17)16(2)15-11-7-6-10-14(15)13-8-4-3-5-9-13/h3-5,8-9,11,14H,6-7,10H2,1-2H3. The monoisotopic (exact) mass is 229 g/mol. The summed E-state index contributed by atoms with van der Waals surface area (Å²) in [4.78, 5) is 13.3. The summed E-state index contributed by atoms with van der Waals surface area (Å²) in [6, 6.07) is 10.5. The van der Waals surface area contributed by atoms with Crippen LogP contribution in [0.5, 0.6) is 0 Å². The molecule has 0 aromatic heterocycles. The molecule has 0 saturated carbocycles. The normalized spacial score (nSPS) is 19.6. The van der Waals surface area contributed by atoms with E-state index in [1.165, 1.54) is 12.0 Å². The number of nitrogens with zero attached hydrogens (tertiary/aromatic N) is 1. The molecule has 1 unspecified atom stereocenters. The van der Waals surface area contributed by atoms with Gasteiger partial charge in [0.15, 0.2) is 0 Å². The fourth-order valence-corrected chi connectivity index (χ4v) is 2.44. The molecular weight excluding hydrogens is 210 g/mol. The van der Waals surface area contributed by atoms with Crippen molar-refractivity contribution in [3.63, 3.8) is 0 Å². The van der Waals surface area contributed by atoms with Crippen molar-refractivity contribution in [2.75, 3.05) is 7.05 Å². The van der Waals surface area contributed by atoms with Crippen LogP contribution < -0.4 is 0 Å². The minimum atomic E-state index is 0.110. The first-order chi connectivity index (χ1) is 8.20. The SMILES string of the molecule is CC(=O)N(C)C1=CCCCC1c1ccccc1. The van der Waals surface area contributed by atoms with Gasteiger partial charge in [-0.25, -0.2) is 0 Å². The molecule has 2 heteroatoms. The fraction of sp³-hybridized carbons (Fsp3) is 0.400. The van der Waals surface area contributed by atoms with Crippen molar-refractivity contribution in [2.24, 2.45) is 0 Å². The second-order valence-corrected chi connectivity index (χ2v) is 4.60. The van der Waals surface area contributed by atoms with Gasteiger partial charge < -0.3 is 4.90 Å². The predicted octanol–water partition coefficient (Wildman–Crippen LogP) is 3.32. The number of amides is 1. The molecule has 1 aromatic rings. The number of likely N-dealkylation sites (N-methyl/N-ethyl adjacent to an activating group) is 1. The molecule has 2 nitrogen and oxygen atoms in total. The second kappa shape index (κ2) is 5.17. The third kappa shape index (κ3) is 2.57. The van der Waals surface area contributed by atoms with Gasteiger partial charge in [0, 0.05) is 25.6 Å². The Balaban J connectivity index is 2.29. The molecular formula is C15H19NO. The Hall–Kier alpha value is -1.57. The van der Waals surface area contributed by atoms with Crippen molar-refractivity contribution in [3.05, 3.63) is 47.7 Å². The molecule has 1 aliphatic rings. The molecule has 0 fully saturated rings. The van der Waals surface area contributed by atoms with Gasteiger partial charge in [0.1, 0.15) is 0 Å². The quantitative estimate of drug-likeness (QED) is 0.762. The summed E-state index contributed by atoms with van der Waals surface area (Å²) in [7, 11) is 1.87. The van der Waals surface area contributed by atoms with E-state index < -0.39 is 0 Å². The van der Waals surface area contributed by atoms with E-state index in [4.69, 9.17) is 0 Å². The molecule has 17 heavy (non-hydrogen) atoms. The predicted molar refractivity (Wildman–Crippen MR) is 69.6 cm³/mol. The zero-order valence-electron chi connectivity index (χ0n) is 10.5. The average molecular weight is 229 g/mol. The number of rotatable bonds is 2. The van der Waals surface area contributed by atoms with Gasteiger partial charge in [-0.05, 0) is 24.8 Å². The van der Waals surface area contributed by atoms with Crippen LogP contribution in [0.1, 0.15) is 37.7 Å². The van der Waals surface area contributed by atoms with Gasteiger partial charge in [0.25, 0.3) is 0 Å². The van der Waals surface area contributed by atoms with Gasteiger partial charge in [-0.15, -0.1) is 0 Å². The maximum absolute atomic E-state index is 11.5. The lowest BCUT2D eigenvalue weighted by molar-refractivity contribution is -0.126. The summed E-state index contributed by atoms with van der Waals surface area (Å²) in [6.45, 7) is 1.62. The van der Waals surface area contributed by atoms with Crippen molar-refractivity contribution in [3.8, 4) is 0 Å². The molecule has 0 spiro atoms. The van der Waals surface area contributed by atoms with Crippen molar-refractivity contribution in [1.82, 2.24) is 4.90 Å². The highest BCUT2D eigenvalue weighted by Crippen LogP contribution is 2.35. The van der Waals surface area contributed by atoms with Crippen molar-refractivity contribution >= 4 is 5.91 Å². The molecule has 1 amide bonds. The van der Waals surface area contributed by atoms with E-state index in [2.05, 4.69) is 30.3 Å². The summed E-state index contributed by atoms with van der Waals surface area (Å²) in [5.74, 6) is 0.484. The first-order valence-corrected chi connectivity index (χ1v) is 6.19. The van der Waals surface area contributed by atoms with Crippen molar-refractivity contribution in [2.45, 2.75) is 32.1 Å². The molecule has 1 aromatic carbocycles. The van der Waals surface area contributed by atoms with Gasteiger partial charge in [0.05, 0.1) is 0 Å². The second-order valence-electron chi connectivity index (χ2n) is 4.60. The Morgan fingerprint density at radius 1 is 1.29 bits per heavy atom. The largest absolute Gasteiger partial charge is 0.319 e. The molecule has 0 aliphatic heterocycles. The van der Waals surface area contributed by atoms with Crippen LogP contribution in [0.25, 0.3) is 0 Å². The van der Waals surface area contributed by atoms with Crippen LogP contribution in [-0.2, 0) is 4.79 Å². The lowest BCUT2D eigenvalue weighted by Crippen LogP contribution is -2.28. The Kier molecular flexibility index (Phi) is 3.62. The lowest BCUT2D eigenvalue weighted by Gasteiger charge is -2.30. The summed E-state index contributed by atoms with van der Waals surface area (Å²) in [5, 5.41) is 0. The number of allylic oxidation sites excluding steroid dienone is 2. The minimum Gasteiger partial charge on any atom is -0.319 e. The van der Waals surface area contributed by atoms with E-state index in [0.717, 1.165) is 18.5 Å². The lowest BCUT2D eigenvalue weighted by atomic mass is 9.85. The van der Waals surface area contributed by atoms with Gasteiger partial charge in [0.2, 0.25) is 5.91 Å². The Morgan fingerprint density at radius 2 is 2.00 bits per heavy atom. The topological polar surface area (TPSA) is 20.3 Å². The Bertz CT molecular complexity index is 422. The van der Waals surface area contributed by atoms with E-state index in [-0.39, 0.29) is 5.91 Å². The number of hydrogen-bond acceptors (Lipinski definition) is 1. The highest BCUT2D eigenvalue weighted by atomic mass is 16.2. The first kappa shape index (κ1) is 11.9. The van der Waals surface area contributed by atoms with Gasteiger partial charge in [-0.2, -0.15) is 0 Å². The summed E-state index contributed by atoms with van der Waals surface area (Å²) in [5.41, 5.74) is 2.47. The van der Waals surface area contributed by atoms with Gasteiger partial charge >= 0.3 is 0 Å². The van der Waals surface area contributed by atoms with Crippen LogP contribution in [0.4, 0.5) is 0 Å². The van der Waals surface area contributed by atoms with Gasteiger partial charge in [-0.3, -0.25) is 4.79 Å². The highest BCUT2D eigenvalue weighted by molar-refractivity contribution is 5.75. The summed E-state index contributed by atoms with van der Waals surface area (Å²) >= 11 is 0. The zero-order valence-corrected chi connectivity index (χ0v) is 10.5. The molecule has 0 bridgehead atoms. The van der Waals surface area contributed by atoms with E-state index in [1.54, 1.807) is 11.8 Å². The summed E-state index contributed by atoms with van der Waals surface area (Å²) in [6.07, 6.45) is 5.63. The maximum Gasteiger partial charge on any atom is 0.223 e. The molecule has 0 radical (unpaired) electrons. The van der Waals surface area contributed by atoms with Crippen LogP contribution in [0.15, 0.2) is 42.1 Å². The minimum absolute atomic E-state index is 0.110. The zero-order chi connectivity index (χ0) is 12.3. The van der Waals surface area contributed by atoms with Crippen LogP contribution in [0.2, 0.25) is 0 Å². The molecule has 90 valence electrons. The maximum atomic E-state index is 11.5. The van der Waals surface area contributed by atoms with E-state index >= 15 is 0 Å². The van der Waals surface area contributed by atoms with Crippen LogP contribution in [0.3, 0.4) is 0 Å². The van der Waals surface area contributed by atoms with E-state index in [9.17, 15) is 4.79 Å². The first-order valence-electron chi connectivity index (χ1n) is 6.19. The van der Waals surface area contributed by atoms with Crippen molar-refractivity contribution in [1.29, 1.82) is 0 Å². The smallest absolute Gasteiger partial charge is 0.223 e. The number of benzene rings is 1. The summed E-state index contributed by atoms with van der Waals surface area (Å²) < 4.78 is 0. The number of hydrogen-bond donors (Lipinski definition) is 0. The number of carbonyl (C=O) groups is 1. The Morgan fingerprint density at radius 3 is 2.65 bits per heavy atom. The molecule has 2 rings (SSSR count). The van der Waals surface area contributed by atoms with Gasteiger partial charge in [-0.1, -0.05) is 36.4 Å². The van der Waals surface area contributed by atoms with E-state index in [0.29, 0.717) is 5.92 Å². The number of carbonyl (C=O) groups excluding carboxylic acids is 1. The van der Waals surface area contributed by atoms with Crippen LogP contribution in [-0.4, -0.2) is 17.9 Å². The molecule has 0 N–H and O–H groups in total. The van der Waals surface area contributed by atoms with Crippen LogP contribution >= 0.6 is 0 Å². The molecule has 0 heterocycles. The molecule has 1 atom stereocenters. The third-order valence-corrected chi connectivity index (χ3v) is 3.47. The Labute approximate surface area is 103 Å². The highest BCUT2D eigenvalue weighted by Gasteiger charge is 2.23. The van der Waals surface area contributed by atoms with Crippen molar-refractivity contribution < 1.29 is 4.79 Å².